The minimum Gasteiger partial charge on any atom is -0.464 e. The molecule has 3 aromatic rings. The van der Waals surface area contributed by atoms with E-state index in [1.807, 2.05) is 43.3 Å². The zero-order valence-corrected chi connectivity index (χ0v) is 20.4. The van der Waals surface area contributed by atoms with E-state index in [1.54, 1.807) is 11.0 Å². The van der Waals surface area contributed by atoms with Crippen molar-refractivity contribution in [2.24, 2.45) is 0 Å². The summed E-state index contributed by atoms with van der Waals surface area (Å²) >= 11 is 12.1. The van der Waals surface area contributed by atoms with Crippen molar-refractivity contribution in [1.82, 2.24) is 9.21 Å². The largest absolute Gasteiger partial charge is 0.464 e. The fraction of sp³-hybridized carbons (Fsp3) is 0.208. The van der Waals surface area contributed by atoms with Crippen LogP contribution in [0, 0.1) is 6.92 Å². The Kier molecular flexibility index (Phi) is 8.37. The number of hydrogen-bond acceptors (Lipinski definition) is 4. The van der Waals surface area contributed by atoms with Crippen LogP contribution in [-0.2, 0) is 27.9 Å². The van der Waals surface area contributed by atoms with E-state index in [-0.39, 0.29) is 28.0 Å². The molecule has 0 atom stereocenters. The van der Waals surface area contributed by atoms with Crippen molar-refractivity contribution in [2.75, 3.05) is 13.1 Å². The lowest BCUT2D eigenvalue weighted by atomic mass is 10.2. The molecule has 174 valence electrons. The summed E-state index contributed by atoms with van der Waals surface area (Å²) in [6, 6.07) is 17.2. The predicted molar refractivity (Wildman–Crippen MR) is 130 cm³/mol. The Labute approximate surface area is 204 Å². The summed E-state index contributed by atoms with van der Waals surface area (Å²) in [7, 11) is -4.11. The van der Waals surface area contributed by atoms with Crippen LogP contribution in [0.25, 0.3) is 0 Å². The number of nitrogens with zero attached hydrogens (tertiary/aromatic N) is 2. The lowest BCUT2D eigenvalue weighted by molar-refractivity contribution is -0.132. The van der Waals surface area contributed by atoms with Crippen LogP contribution in [-0.4, -0.2) is 36.6 Å². The van der Waals surface area contributed by atoms with Crippen LogP contribution in [0.4, 0.5) is 0 Å². The first-order valence-corrected chi connectivity index (χ1v) is 12.3. The summed E-state index contributed by atoms with van der Waals surface area (Å²) in [5, 5.41) is 0.245. The molecule has 3 rings (SSSR count). The predicted octanol–water partition coefficient (Wildman–Crippen LogP) is 5.30. The minimum atomic E-state index is -4.11. The molecule has 1 amide bonds. The van der Waals surface area contributed by atoms with E-state index in [4.69, 9.17) is 27.6 Å². The smallest absolute Gasteiger partial charge is 0.245 e. The molecule has 0 fully saturated rings. The molecule has 0 saturated heterocycles. The summed E-state index contributed by atoms with van der Waals surface area (Å²) in [5.41, 5.74) is 0.908. The fourth-order valence-corrected chi connectivity index (χ4v) is 5.35. The number of carbonyl (C=O) groups is 1. The van der Waals surface area contributed by atoms with Crippen LogP contribution < -0.4 is 0 Å². The molecule has 0 bridgehead atoms. The topological polar surface area (TPSA) is 70.8 Å². The standard InChI is InChI=1S/C24H24Cl2N2O4S/c1-3-13-28(33(30,31)23-14-20(25)10-12-22(23)26)17-24(29)27(15-19-7-5-4-6-8-19)16-21-11-9-18(2)32-21/h3-12,14H,1,13,15-17H2,2H3. The molecule has 0 radical (unpaired) electrons. The van der Waals surface area contributed by atoms with Gasteiger partial charge in [0.05, 0.1) is 18.1 Å². The highest BCUT2D eigenvalue weighted by Gasteiger charge is 2.30. The molecule has 0 N–H and O–H groups in total. The maximum absolute atomic E-state index is 13.4. The maximum atomic E-state index is 13.4. The molecule has 6 nitrogen and oxygen atoms in total. The molecular weight excluding hydrogens is 483 g/mol. The van der Waals surface area contributed by atoms with E-state index < -0.39 is 22.5 Å². The maximum Gasteiger partial charge on any atom is 0.245 e. The minimum absolute atomic E-state index is 0.0214. The third-order valence-corrected chi connectivity index (χ3v) is 7.40. The summed E-state index contributed by atoms with van der Waals surface area (Å²) in [6.07, 6.45) is 1.42. The van der Waals surface area contributed by atoms with Gasteiger partial charge >= 0.3 is 0 Å². The molecule has 0 aliphatic carbocycles. The zero-order chi connectivity index (χ0) is 24.0. The van der Waals surface area contributed by atoms with Gasteiger partial charge in [-0.25, -0.2) is 8.42 Å². The van der Waals surface area contributed by atoms with Gasteiger partial charge in [-0.3, -0.25) is 4.79 Å². The van der Waals surface area contributed by atoms with E-state index in [0.29, 0.717) is 12.3 Å². The number of hydrogen-bond donors (Lipinski definition) is 0. The number of furan rings is 1. The first-order valence-electron chi connectivity index (χ1n) is 10.1. The third-order valence-electron chi connectivity index (χ3n) is 4.87. The van der Waals surface area contributed by atoms with Crippen molar-refractivity contribution >= 4 is 39.1 Å². The van der Waals surface area contributed by atoms with Gasteiger partial charge in [0.25, 0.3) is 0 Å². The molecule has 1 aromatic heterocycles. The van der Waals surface area contributed by atoms with Gasteiger partial charge in [-0.1, -0.05) is 59.6 Å². The third kappa shape index (κ3) is 6.48. The summed E-state index contributed by atoms with van der Waals surface area (Å²) < 4.78 is 33.3. The van der Waals surface area contributed by atoms with Crippen LogP contribution in [0.1, 0.15) is 17.1 Å². The fourth-order valence-electron chi connectivity index (χ4n) is 3.25. The Morgan fingerprint density at radius 3 is 2.42 bits per heavy atom. The molecule has 0 aliphatic heterocycles. The molecule has 2 aromatic carbocycles. The monoisotopic (exact) mass is 506 g/mol. The highest BCUT2D eigenvalue weighted by atomic mass is 35.5. The molecule has 0 aliphatic rings. The van der Waals surface area contributed by atoms with Gasteiger partial charge in [0.15, 0.2) is 0 Å². The molecule has 9 heteroatoms. The van der Waals surface area contributed by atoms with Crippen molar-refractivity contribution in [3.63, 3.8) is 0 Å². The first-order chi connectivity index (χ1) is 15.7. The average molecular weight is 507 g/mol. The number of aryl methyl sites for hydroxylation is 1. The van der Waals surface area contributed by atoms with E-state index in [9.17, 15) is 13.2 Å². The van der Waals surface area contributed by atoms with Gasteiger partial charge < -0.3 is 9.32 Å². The number of halogens is 2. The number of carbonyl (C=O) groups excluding carboxylic acids is 1. The Bertz CT molecular complexity index is 1230. The van der Waals surface area contributed by atoms with Gasteiger partial charge in [-0.05, 0) is 42.8 Å². The Morgan fingerprint density at radius 1 is 1.06 bits per heavy atom. The number of rotatable bonds is 10. The number of benzene rings is 2. The van der Waals surface area contributed by atoms with Crippen LogP contribution >= 0.6 is 23.2 Å². The van der Waals surface area contributed by atoms with E-state index >= 15 is 0 Å². The van der Waals surface area contributed by atoms with Crippen molar-refractivity contribution in [2.45, 2.75) is 24.9 Å². The Hall–Kier alpha value is -2.58. The van der Waals surface area contributed by atoms with Gasteiger partial charge in [-0.2, -0.15) is 4.31 Å². The van der Waals surface area contributed by atoms with Crippen molar-refractivity contribution in [1.29, 1.82) is 0 Å². The van der Waals surface area contributed by atoms with Crippen molar-refractivity contribution < 1.29 is 17.6 Å². The van der Waals surface area contributed by atoms with E-state index in [1.165, 1.54) is 24.3 Å². The van der Waals surface area contributed by atoms with Gasteiger partial charge in [-0.15, -0.1) is 6.58 Å². The second kappa shape index (κ2) is 11.0. The Morgan fingerprint density at radius 2 is 1.79 bits per heavy atom. The highest BCUT2D eigenvalue weighted by molar-refractivity contribution is 7.89. The van der Waals surface area contributed by atoms with Crippen molar-refractivity contribution in [3.8, 4) is 0 Å². The zero-order valence-electron chi connectivity index (χ0n) is 18.1. The number of amides is 1. The van der Waals surface area contributed by atoms with Gasteiger partial charge in [0.1, 0.15) is 16.4 Å². The average Bonchev–Trinajstić information content (AvgIpc) is 3.19. The lowest BCUT2D eigenvalue weighted by Gasteiger charge is -2.26. The number of sulfonamides is 1. The summed E-state index contributed by atoms with van der Waals surface area (Å²) in [6.45, 7) is 5.47. The Balaban J connectivity index is 1.89. The van der Waals surface area contributed by atoms with E-state index in [0.717, 1.165) is 15.6 Å². The quantitative estimate of drug-likeness (QED) is 0.349. The van der Waals surface area contributed by atoms with E-state index in [2.05, 4.69) is 6.58 Å². The molecule has 0 spiro atoms. The van der Waals surface area contributed by atoms with Gasteiger partial charge in [0.2, 0.25) is 15.9 Å². The molecular formula is C24H24Cl2N2O4S. The summed E-state index contributed by atoms with van der Waals surface area (Å²) in [5.74, 6) is 0.938. The lowest BCUT2D eigenvalue weighted by Crippen LogP contribution is -2.42. The van der Waals surface area contributed by atoms with Gasteiger partial charge in [0, 0.05) is 18.1 Å². The molecule has 33 heavy (non-hydrogen) atoms. The SMILES string of the molecule is C=CCN(CC(=O)N(Cc1ccccc1)Cc1ccc(C)o1)S(=O)(=O)c1cc(Cl)ccc1Cl. The van der Waals surface area contributed by atoms with Crippen LogP contribution in [0.5, 0.6) is 0 Å². The van der Waals surface area contributed by atoms with Crippen LogP contribution in [0.3, 0.4) is 0 Å². The molecule has 0 saturated carbocycles. The van der Waals surface area contributed by atoms with Crippen LogP contribution in [0.2, 0.25) is 10.0 Å². The summed E-state index contributed by atoms with van der Waals surface area (Å²) in [4.78, 5) is 14.7. The highest BCUT2D eigenvalue weighted by Crippen LogP contribution is 2.28. The second-order valence-corrected chi connectivity index (χ2v) is 10.2. The molecule has 1 heterocycles. The van der Waals surface area contributed by atoms with Crippen LogP contribution in [0.15, 0.2) is 82.6 Å². The second-order valence-electron chi connectivity index (χ2n) is 7.41. The first kappa shape index (κ1) is 25.1. The molecule has 0 unspecified atom stereocenters. The normalized spacial score (nSPS) is 11.5. The van der Waals surface area contributed by atoms with Crippen molar-refractivity contribution in [3.05, 3.63) is 100 Å².